The van der Waals surface area contributed by atoms with Gasteiger partial charge in [-0.2, -0.15) is 13.2 Å². The van der Waals surface area contributed by atoms with Crippen LogP contribution in [0.15, 0.2) is 29.4 Å². The molecule has 1 N–H and O–H groups in total. The van der Waals surface area contributed by atoms with E-state index < -0.39 is 23.9 Å². The number of nitrogens with one attached hydrogen (secondary N) is 1. The smallest absolute Gasteiger partial charge is 0.405 e. The summed E-state index contributed by atoms with van der Waals surface area (Å²) >= 11 is 7.15. The summed E-state index contributed by atoms with van der Waals surface area (Å²) in [4.78, 5) is 11.9. The average Bonchev–Trinajstić information content (AvgIpc) is 3.40. The second kappa shape index (κ2) is 8.60. The molecule has 1 atom stereocenters. The second-order valence-corrected chi connectivity index (χ2v) is 8.03. The third-order valence-electron chi connectivity index (χ3n) is 3.96. The highest BCUT2D eigenvalue weighted by molar-refractivity contribution is 8.00. The molecule has 6 nitrogen and oxygen atoms in total. The van der Waals surface area contributed by atoms with Crippen LogP contribution in [-0.4, -0.2) is 38.6 Å². The molecule has 0 bridgehead atoms. The monoisotopic (exact) mass is 434 g/mol. The van der Waals surface area contributed by atoms with Crippen molar-refractivity contribution < 1.29 is 22.7 Å². The van der Waals surface area contributed by atoms with Gasteiger partial charge in [0.15, 0.2) is 11.0 Å². The Labute approximate surface area is 168 Å². The summed E-state index contributed by atoms with van der Waals surface area (Å²) in [7, 11) is 0. The van der Waals surface area contributed by atoms with Crippen LogP contribution in [0.4, 0.5) is 13.2 Å². The SMILES string of the molecule is CC(Sc1nnc(COc2ccccc2Cl)n1C1CC1)C(=O)NCC(F)(F)F. The second-order valence-electron chi connectivity index (χ2n) is 6.31. The summed E-state index contributed by atoms with van der Waals surface area (Å²) < 4.78 is 44.4. The van der Waals surface area contributed by atoms with E-state index in [0.717, 1.165) is 24.6 Å². The number of nitrogens with zero attached hydrogens (tertiary/aromatic N) is 3. The number of amides is 1. The Morgan fingerprint density at radius 3 is 2.75 bits per heavy atom. The summed E-state index contributed by atoms with van der Waals surface area (Å²) in [5, 5.41) is 10.3. The van der Waals surface area contributed by atoms with Gasteiger partial charge in [-0.1, -0.05) is 35.5 Å². The molecule has 1 unspecified atom stereocenters. The molecule has 0 radical (unpaired) electrons. The minimum Gasteiger partial charge on any atom is -0.484 e. The van der Waals surface area contributed by atoms with E-state index >= 15 is 0 Å². The van der Waals surface area contributed by atoms with Gasteiger partial charge in [0.1, 0.15) is 18.9 Å². The zero-order chi connectivity index (χ0) is 20.3. The van der Waals surface area contributed by atoms with Crippen LogP contribution in [-0.2, 0) is 11.4 Å². The Morgan fingerprint density at radius 2 is 2.11 bits per heavy atom. The molecule has 1 aromatic heterocycles. The Kier molecular flexibility index (Phi) is 6.39. The zero-order valence-electron chi connectivity index (χ0n) is 14.9. The summed E-state index contributed by atoms with van der Waals surface area (Å²) in [6.45, 7) is 0.313. The van der Waals surface area contributed by atoms with Crippen LogP contribution in [0.25, 0.3) is 0 Å². The quantitative estimate of drug-likeness (QED) is 0.636. The Hall–Kier alpha value is -1.94. The van der Waals surface area contributed by atoms with Crippen molar-refractivity contribution in [1.82, 2.24) is 20.1 Å². The number of benzene rings is 1. The van der Waals surface area contributed by atoms with Crippen LogP contribution < -0.4 is 10.1 Å². The number of hydrogen-bond donors (Lipinski definition) is 1. The Morgan fingerprint density at radius 1 is 1.39 bits per heavy atom. The molecule has 1 fully saturated rings. The first-order valence-corrected chi connectivity index (χ1v) is 9.82. The van der Waals surface area contributed by atoms with E-state index in [1.54, 1.807) is 24.3 Å². The molecule has 0 spiro atoms. The summed E-state index contributed by atoms with van der Waals surface area (Å²) in [6.07, 6.45) is -2.56. The molecule has 1 heterocycles. The lowest BCUT2D eigenvalue weighted by molar-refractivity contribution is -0.137. The Bertz CT molecular complexity index is 842. The number of hydrogen-bond acceptors (Lipinski definition) is 5. The maximum Gasteiger partial charge on any atom is 0.405 e. The fourth-order valence-electron chi connectivity index (χ4n) is 2.43. The van der Waals surface area contributed by atoms with E-state index in [9.17, 15) is 18.0 Å². The highest BCUT2D eigenvalue weighted by Crippen LogP contribution is 2.39. The fourth-order valence-corrected chi connectivity index (χ4v) is 3.59. The van der Waals surface area contributed by atoms with Crippen molar-refractivity contribution in [2.75, 3.05) is 6.54 Å². The van der Waals surface area contributed by atoms with Gasteiger partial charge in [-0.05, 0) is 31.9 Å². The van der Waals surface area contributed by atoms with Crippen LogP contribution in [0, 0.1) is 0 Å². The zero-order valence-corrected chi connectivity index (χ0v) is 16.4. The van der Waals surface area contributed by atoms with Crippen LogP contribution >= 0.6 is 23.4 Å². The van der Waals surface area contributed by atoms with Gasteiger partial charge in [0.25, 0.3) is 0 Å². The van der Waals surface area contributed by atoms with Gasteiger partial charge >= 0.3 is 6.18 Å². The van der Waals surface area contributed by atoms with Gasteiger partial charge in [-0.3, -0.25) is 9.36 Å². The first kappa shape index (κ1) is 20.8. The van der Waals surface area contributed by atoms with Gasteiger partial charge in [0, 0.05) is 6.04 Å². The predicted molar refractivity (Wildman–Crippen MR) is 98.5 cm³/mol. The summed E-state index contributed by atoms with van der Waals surface area (Å²) in [5.41, 5.74) is 0. The van der Waals surface area contributed by atoms with E-state index in [2.05, 4.69) is 10.2 Å². The van der Waals surface area contributed by atoms with Gasteiger partial charge in [-0.25, -0.2) is 0 Å². The number of carbonyl (C=O) groups excluding carboxylic acids is 1. The standard InChI is InChI=1S/C17H18ClF3N4O2S/c1-10(15(26)22-9-17(19,20)21)28-16-24-23-14(25(16)11-6-7-11)8-27-13-5-3-2-4-12(13)18/h2-5,10-11H,6-9H2,1H3,(H,22,26). The molecule has 1 aliphatic rings. The van der Waals surface area contributed by atoms with Crippen LogP contribution in [0.1, 0.15) is 31.6 Å². The average molecular weight is 435 g/mol. The van der Waals surface area contributed by atoms with E-state index in [1.165, 1.54) is 6.92 Å². The maximum atomic E-state index is 12.3. The van der Waals surface area contributed by atoms with Gasteiger partial charge < -0.3 is 10.1 Å². The lowest BCUT2D eigenvalue weighted by atomic mass is 10.3. The van der Waals surface area contributed by atoms with Crippen LogP contribution in [0.5, 0.6) is 5.75 Å². The number of thioether (sulfide) groups is 1. The number of ether oxygens (including phenoxy) is 1. The minimum atomic E-state index is -4.45. The lowest BCUT2D eigenvalue weighted by Crippen LogP contribution is -2.38. The van der Waals surface area contributed by atoms with E-state index in [1.807, 2.05) is 9.88 Å². The lowest BCUT2D eigenvalue weighted by Gasteiger charge is -2.14. The molecule has 0 saturated heterocycles. The number of aromatic nitrogens is 3. The predicted octanol–water partition coefficient (Wildman–Crippen LogP) is 4.00. The highest BCUT2D eigenvalue weighted by Gasteiger charge is 2.32. The first-order chi connectivity index (χ1) is 13.2. The third-order valence-corrected chi connectivity index (χ3v) is 5.32. The molecule has 1 amide bonds. The number of carbonyl (C=O) groups is 1. The largest absolute Gasteiger partial charge is 0.484 e. The van der Waals surface area contributed by atoms with E-state index in [0.29, 0.717) is 21.8 Å². The van der Waals surface area contributed by atoms with Crippen LogP contribution in [0.2, 0.25) is 5.02 Å². The maximum absolute atomic E-state index is 12.3. The molecule has 152 valence electrons. The molecule has 0 aliphatic heterocycles. The summed E-state index contributed by atoms with van der Waals surface area (Å²) in [5.74, 6) is 0.387. The van der Waals surface area contributed by atoms with Crippen LogP contribution in [0.3, 0.4) is 0 Å². The molecular weight excluding hydrogens is 417 g/mol. The van der Waals surface area contributed by atoms with Crippen molar-refractivity contribution in [2.24, 2.45) is 0 Å². The van der Waals surface area contributed by atoms with Gasteiger partial charge in [0.05, 0.1) is 10.3 Å². The van der Waals surface area contributed by atoms with E-state index in [4.69, 9.17) is 16.3 Å². The number of rotatable bonds is 8. The van der Waals surface area contributed by atoms with Gasteiger partial charge in [0.2, 0.25) is 5.91 Å². The molecule has 28 heavy (non-hydrogen) atoms. The normalized spacial score (nSPS) is 15.3. The summed E-state index contributed by atoms with van der Waals surface area (Å²) in [6, 6.07) is 7.25. The van der Waals surface area contributed by atoms with Crippen molar-refractivity contribution in [3.8, 4) is 5.75 Å². The molecule has 3 rings (SSSR count). The van der Waals surface area contributed by atoms with E-state index in [-0.39, 0.29) is 12.6 Å². The van der Waals surface area contributed by atoms with Crippen molar-refractivity contribution in [3.63, 3.8) is 0 Å². The molecule has 1 saturated carbocycles. The molecule has 11 heteroatoms. The van der Waals surface area contributed by atoms with Gasteiger partial charge in [-0.15, -0.1) is 10.2 Å². The number of alkyl halides is 3. The van der Waals surface area contributed by atoms with Crippen molar-refractivity contribution >= 4 is 29.3 Å². The Balaban J connectivity index is 1.66. The van der Waals surface area contributed by atoms with Crippen molar-refractivity contribution in [1.29, 1.82) is 0 Å². The van der Waals surface area contributed by atoms with Crippen molar-refractivity contribution in [3.05, 3.63) is 35.1 Å². The highest BCUT2D eigenvalue weighted by atomic mass is 35.5. The molecule has 1 aromatic carbocycles. The third kappa shape index (κ3) is 5.54. The molecular formula is C17H18ClF3N4O2S. The molecule has 1 aliphatic carbocycles. The number of halogens is 4. The fraction of sp³-hybridized carbons (Fsp3) is 0.471. The minimum absolute atomic E-state index is 0.141. The number of para-hydroxylation sites is 1. The first-order valence-electron chi connectivity index (χ1n) is 8.57. The molecule has 2 aromatic rings. The van der Waals surface area contributed by atoms with Crippen molar-refractivity contribution in [2.45, 2.75) is 49.0 Å². The topological polar surface area (TPSA) is 69.0 Å².